The van der Waals surface area contributed by atoms with Gasteiger partial charge in [-0.3, -0.25) is 9.78 Å². The number of pyridine rings is 1. The maximum atomic E-state index is 12.5. The molecule has 0 radical (unpaired) electrons. The van der Waals surface area contributed by atoms with Crippen molar-refractivity contribution in [3.05, 3.63) is 32.4 Å². The molecule has 1 aromatic rings. The Morgan fingerprint density at radius 3 is 2.79 bits per heavy atom. The van der Waals surface area contributed by atoms with Gasteiger partial charge in [0.05, 0.1) is 16.3 Å². The van der Waals surface area contributed by atoms with Crippen LogP contribution in [0.3, 0.4) is 0 Å². The fourth-order valence-electron chi connectivity index (χ4n) is 0.793. The van der Waals surface area contributed by atoms with E-state index in [4.69, 9.17) is 17.3 Å². The van der Waals surface area contributed by atoms with E-state index in [-0.39, 0.29) is 16.3 Å². The zero-order valence-corrected chi connectivity index (χ0v) is 9.71. The van der Waals surface area contributed by atoms with Crippen LogP contribution in [0.4, 0.5) is 4.39 Å². The summed E-state index contributed by atoms with van der Waals surface area (Å²) in [5, 5.41) is 0.188. The third-order valence-electron chi connectivity index (χ3n) is 1.40. The highest BCUT2D eigenvalue weighted by Crippen LogP contribution is 2.20. The molecule has 0 saturated heterocycles. The molecular weight excluding hydrogens is 321 g/mol. The lowest BCUT2D eigenvalue weighted by Crippen LogP contribution is -2.11. The van der Waals surface area contributed by atoms with E-state index in [1.54, 1.807) is 0 Å². The summed E-state index contributed by atoms with van der Waals surface area (Å²) in [7, 11) is 0. The van der Waals surface area contributed by atoms with Crippen LogP contribution in [0.1, 0.15) is 16.1 Å². The van der Waals surface area contributed by atoms with E-state index in [9.17, 15) is 9.18 Å². The van der Waals surface area contributed by atoms with Crippen LogP contribution in [0.2, 0.25) is 5.02 Å². The number of primary amides is 1. The Kier molecular flexibility index (Phi) is 3.82. The van der Waals surface area contributed by atoms with Gasteiger partial charge in [-0.15, -0.1) is 0 Å². The Bertz CT molecular complexity index is 404. The van der Waals surface area contributed by atoms with E-state index in [1.807, 2.05) is 0 Å². The molecule has 0 saturated carbocycles. The van der Waals surface area contributed by atoms with Gasteiger partial charge in [-0.1, -0.05) is 11.6 Å². The lowest BCUT2D eigenvalue weighted by Gasteiger charge is -1.99. The Balaban J connectivity index is 3.14. The first-order valence-corrected chi connectivity index (χ1v) is 4.94. The van der Waals surface area contributed by atoms with Crippen molar-refractivity contribution >= 4 is 46.2 Å². The predicted octanol–water partition coefficient (Wildman–Crippen LogP) is 2.54. The van der Waals surface area contributed by atoms with Crippen LogP contribution < -0.4 is 5.73 Å². The van der Waals surface area contributed by atoms with E-state index < -0.39 is 9.74 Å². The fourth-order valence-corrected chi connectivity index (χ4v) is 1.31. The monoisotopic (exact) mass is 326 g/mol. The number of carbonyl (C=O) groups is 1. The molecule has 74 valence electrons. The van der Waals surface area contributed by atoms with Gasteiger partial charge in [0.2, 0.25) is 5.91 Å². The molecule has 1 heterocycles. The van der Waals surface area contributed by atoms with E-state index >= 15 is 0 Å². The first-order chi connectivity index (χ1) is 6.50. The summed E-state index contributed by atoms with van der Waals surface area (Å²) in [6.45, 7) is 0. The first-order valence-electron chi connectivity index (χ1n) is 3.48. The van der Waals surface area contributed by atoms with Gasteiger partial charge in [-0.05, 0) is 28.7 Å². The second-order valence-corrected chi connectivity index (χ2v) is 3.83. The van der Waals surface area contributed by atoms with Gasteiger partial charge in [0, 0.05) is 12.3 Å². The molecule has 6 heteroatoms. The number of nitrogens with zero attached hydrogens (tertiary/aromatic N) is 1. The van der Waals surface area contributed by atoms with Gasteiger partial charge >= 0.3 is 0 Å². The Morgan fingerprint density at radius 2 is 2.36 bits per heavy atom. The summed E-state index contributed by atoms with van der Waals surface area (Å²) in [6.07, 6.45) is 2.41. The Morgan fingerprint density at radius 1 is 1.71 bits per heavy atom. The molecule has 1 amide bonds. The van der Waals surface area contributed by atoms with Crippen molar-refractivity contribution in [2.75, 3.05) is 0 Å². The Labute approximate surface area is 98.3 Å². The predicted molar refractivity (Wildman–Crippen MR) is 60.9 cm³/mol. The zero-order valence-electron chi connectivity index (χ0n) is 6.80. The molecule has 0 aliphatic rings. The van der Waals surface area contributed by atoms with E-state index in [0.717, 1.165) is 6.08 Å². The second kappa shape index (κ2) is 4.70. The van der Waals surface area contributed by atoms with E-state index in [2.05, 4.69) is 4.98 Å². The quantitative estimate of drug-likeness (QED) is 0.849. The highest BCUT2D eigenvalue weighted by atomic mass is 127. The number of carbonyl (C=O) groups excluding carboxylic acids is 1. The minimum atomic E-state index is -0.620. The molecule has 0 fully saturated rings. The summed E-state index contributed by atoms with van der Waals surface area (Å²) in [5.41, 5.74) is 5.47. The minimum absolute atomic E-state index is 0.188. The summed E-state index contributed by atoms with van der Waals surface area (Å²) in [4.78, 5) is 14.5. The van der Waals surface area contributed by atoms with Crippen LogP contribution in [0.15, 0.2) is 16.1 Å². The average Bonchev–Trinajstić information content (AvgIpc) is 2.07. The van der Waals surface area contributed by atoms with Gasteiger partial charge in [-0.2, -0.15) is 4.39 Å². The molecule has 0 unspecified atom stereocenters. The second-order valence-electron chi connectivity index (χ2n) is 2.39. The molecule has 0 aliphatic carbocycles. The number of rotatable bonds is 2. The molecule has 3 nitrogen and oxygen atoms in total. The summed E-state index contributed by atoms with van der Waals surface area (Å²) >= 11 is 7.22. The molecule has 0 aliphatic heterocycles. The number of hydrogen-bond donors (Lipinski definition) is 1. The van der Waals surface area contributed by atoms with Crippen LogP contribution in [0.25, 0.3) is 6.08 Å². The topological polar surface area (TPSA) is 56.0 Å². The van der Waals surface area contributed by atoms with Crippen molar-refractivity contribution < 1.29 is 9.18 Å². The van der Waals surface area contributed by atoms with Crippen LogP contribution in [0.5, 0.6) is 0 Å². The third kappa shape index (κ3) is 2.91. The lowest BCUT2D eigenvalue weighted by atomic mass is 10.2. The molecule has 1 aromatic heterocycles. The van der Waals surface area contributed by atoms with Crippen molar-refractivity contribution in [3.63, 3.8) is 0 Å². The minimum Gasteiger partial charge on any atom is -0.366 e. The Hall–Kier alpha value is -0.690. The van der Waals surface area contributed by atoms with Crippen LogP contribution in [-0.4, -0.2) is 10.9 Å². The molecule has 2 N–H and O–H groups in total. The van der Waals surface area contributed by atoms with Gasteiger partial charge in [0.15, 0.2) is 3.83 Å². The van der Waals surface area contributed by atoms with Gasteiger partial charge in [0.1, 0.15) is 0 Å². The van der Waals surface area contributed by atoms with Crippen molar-refractivity contribution in [2.45, 2.75) is 0 Å². The fraction of sp³-hybridized carbons (Fsp3) is 0. The number of halogens is 3. The number of nitrogens with two attached hydrogens (primary N) is 1. The van der Waals surface area contributed by atoms with Gasteiger partial charge < -0.3 is 5.73 Å². The maximum absolute atomic E-state index is 12.5. The highest BCUT2D eigenvalue weighted by Gasteiger charge is 2.05. The smallest absolute Gasteiger partial charge is 0.250 e. The van der Waals surface area contributed by atoms with Gasteiger partial charge in [0.25, 0.3) is 0 Å². The van der Waals surface area contributed by atoms with Crippen molar-refractivity contribution in [1.82, 2.24) is 4.98 Å². The molecule has 0 atom stereocenters. The van der Waals surface area contributed by atoms with Gasteiger partial charge in [-0.25, -0.2) is 0 Å². The largest absolute Gasteiger partial charge is 0.366 e. The van der Waals surface area contributed by atoms with Crippen molar-refractivity contribution in [3.8, 4) is 0 Å². The third-order valence-corrected chi connectivity index (χ3v) is 2.01. The van der Waals surface area contributed by atoms with Crippen LogP contribution in [0, 0.1) is 0 Å². The first kappa shape index (κ1) is 11.4. The van der Waals surface area contributed by atoms with Crippen molar-refractivity contribution in [1.29, 1.82) is 0 Å². The number of hydrogen-bond acceptors (Lipinski definition) is 2. The van der Waals surface area contributed by atoms with Crippen molar-refractivity contribution in [2.24, 2.45) is 5.73 Å². The molecular formula is C8H5ClFIN2O. The standard InChI is InChI=1S/C8H5ClFIN2O/c9-5-1-4(8(12)14)3-13-6(5)2-7(10)11/h1-3H,(H2,12,14)/b7-2-. The number of aromatic nitrogens is 1. The van der Waals surface area contributed by atoms with Crippen LogP contribution >= 0.6 is 34.2 Å². The summed E-state index contributed by atoms with van der Waals surface area (Å²) in [6, 6.07) is 1.35. The van der Waals surface area contributed by atoms with E-state index in [0.29, 0.717) is 0 Å². The molecule has 1 rings (SSSR count). The number of amides is 1. The lowest BCUT2D eigenvalue weighted by molar-refractivity contribution is 0.1000. The molecule has 0 bridgehead atoms. The zero-order chi connectivity index (χ0) is 10.7. The average molecular weight is 326 g/mol. The molecule has 0 aromatic carbocycles. The van der Waals surface area contributed by atoms with E-state index in [1.165, 1.54) is 34.9 Å². The molecule has 0 spiro atoms. The SMILES string of the molecule is NC(=O)c1cnc(/C=C(/F)I)c(Cl)c1. The van der Waals surface area contributed by atoms with Crippen LogP contribution in [-0.2, 0) is 0 Å². The maximum Gasteiger partial charge on any atom is 0.250 e. The summed E-state index contributed by atoms with van der Waals surface area (Å²) in [5.74, 6) is -0.620. The highest BCUT2D eigenvalue weighted by molar-refractivity contribution is 14.1. The summed E-state index contributed by atoms with van der Waals surface area (Å²) < 4.78 is 12.0. The molecule has 14 heavy (non-hydrogen) atoms. The normalized spacial score (nSPS) is 11.5.